The van der Waals surface area contributed by atoms with Gasteiger partial charge in [0, 0.05) is 45.1 Å². The Morgan fingerprint density at radius 3 is 2.89 bits per heavy atom. The maximum atomic E-state index is 12.4. The van der Waals surface area contributed by atoms with E-state index in [0.717, 1.165) is 31.6 Å². The fraction of sp³-hybridized carbons (Fsp3) is 0.550. The first-order valence-corrected chi connectivity index (χ1v) is 9.68. The molecule has 0 radical (unpaired) electrons. The van der Waals surface area contributed by atoms with Crippen molar-refractivity contribution >= 4 is 6.03 Å². The highest BCUT2D eigenvalue weighted by atomic mass is 16.5. The van der Waals surface area contributed by atoms with Crippen LogP contribution >= 0.6 is 0 Å². The summed E-state index contributed by atoms with van der Waals surface area (Å²) in [4.78, 5) is 20.9. The number of fused-ring (bicyclic) bond motifs is 1. The Hall–Kier alpha value is -2.41. The molecule has 1 saturated carbocycles. The first-order valence-electron chi connectivity index (χ1n) is 9.68. The number of carbonyl (C=O) groups is 1. The van der Waals surface area contributed by atoms with E-state index in [0.29, 0.717) is 37.4 Å². The molecule has 27 heavy (non-hydrogen) atoms. The second-order valence-corrected chi connectivity index (χ2v) is 7.72. The Kier molecular flexibility index (Phi) is 5.11. The fourth-order valence-electron chi connectivity index (χ4n) is 3.61. The van der Waals surface area contributed by atoms with Gasteiger partial charge < -0.3 is 14.7 Å². The molecule has 1 aliphatic carbocycles. The number of hydrogen-bond donors (Lipinski definition) is 1. The van der Waals surface area contributed by atoms with E-state index in [1.807, 2.05) is 7.05 Å². The molecular formula is C20H27N5O2. The molecule has 2 aliphatic rings. The molecule has 0 bridgehead atoms. The molecule has 2 heterocycles. The van der Waals surface area contributed by atoms with Crippen molar-refractivity contribution in [2.75, 3.05) is 27.2 Å². The zero-order valence-corrected chi connectivity index (χ0v) is 16.0. The predicted molar refractivity (Wildman–Crippen MR) is 101 cm³/mol. The van der Waals surface area contributed by atoms with Gasteiger partial charge in [0.25, 0.3) is 0 Å². The van der Waals surface area contributed by atoms with Gasteiger partial charge in [-0.1, -0.05) is 29.4 Å². The molecule has 1 N–H and O–H groups in total. The van der Waals surface area contributed by atoms with E-state index in [1.165, 1.54) is 11.1 Å². The second kappa shape index (κ2) is 7.68. The van der Waals surface area contributed by atoms with Crippen molar-refractivity contribution < 1.29 is 9.32 Å². The molecule has 7 nitrogen and oxygen atoms in total. The third-order valence-electron chi connectivity index (χ3n) is 5.49. The van der Waals surface area contributed by atoms with Crippen molar-refractivity contribution in [1.82, 2.24) is 25.3 Å². The highest BCUT2D eigenvalue weighted by Gasteiger charge is 2.29. The van der Waals surface area contributed by atoms with Gasteiger partial charge >= 0.3 is 6.03 Å². The van der Waals surface area contributed by atoms with Crippen molar-refractivity contribution in [1.29, 1.82) is 0 Å². The summed E-state index contributed by atoms with van der Waals surface area (Å²) in [6.07, 6.45) is 3.84. The van der Waals surface area contributed by atoms with Crippen molar-refractivity contribution in [3.05, 3.63) is 47.1 Å². The first kappa shape index (κ1) is 18.0. The summed E-state index contributed by atoms with van der Waals surface area (Å²) in [6.45, 7) is 2.12. The molecule has 0 saturated heterocycles. The van der Waals surface area contributed by atoms with Crippen LogP contribution in [0, 0.1) is 0 Å². The fourth-order valence-corrected chi connectivity index (χ4v) is 3.61. The van der Waals surface area contributed by atoms with Crippen LogP contribution in [0.2, 0.25) is 0 Å². The monoisotopic (exact) mass is 369 g/mol. The highest BCUT2D eigenvalue weighted by Crippen LogP contribution is 2.38. The largest absolute Gasteiger partial charge is 0.339 e. The summed E-state index contributed by atoms with van der Waals surface area (Å²) in [7, 11) is 3.97. The lowest BCUT2D eigenvalue weighted by Crippen LogP contribution is -2.48. The van der Waals surface area contributed by atoms with Gasteiger partial charge in [-0.15, -0.1) is 0 Å². The lowest BCUT2D eigenvalue weighted by molar-refractivity contribution is 0.160. The van der Waals surface area contributed by atoms with E-state index in [-0.39, 0.29) is 6.03 Å². The van der Waals surface area contributed by atoms with Crippen LogP contribution in [0.1, 0.15) is 41.6 Å². The average Bonchev–Trinajstić information content (AvgIpc) is 3.41. The topological polar surface area (TPSA) is 74.5 Å². The van der Waals surface area contributed by atoms with Crippen molar-refractivity contribution in [3.63, 3.8) is 0 Å². The van der Waals surface area contributed by atoms with E-state index in [9.17, 15) is 4.79 Å². The summed E-state index contributed by atoms with van der Waals surface area (Å²) in [6, 6.07) is 8.81. The van der Waals surface area contributed by atoms with Crippen molar-refractivity contribution in [2.45, 2.75) is 44.2 Å². The van der Waals surface area contributed by atoms with Crippen LogP contribution < -0.4 is 5.32 Å². The number of aromatic nitrogens is 2. The summed E-state index contributed by atoms with van der Waals surface area (Å²) < 4.78 is 5.24. The molecule has 2 amide bonds. The van der Waals surface area contributed by atoms with Crippen LogP contribution in [0.25, 0.3) is 0 Å². The zero-order valence-electron chi connectivity index (χ0n) is 16.0. The van der Waals surface area contributed by atoms with Gasteiger partial charge in [0.1, 0.15) is 0 Å². The number of rotatable bonds is 6. The number of nitrogens with one attached hydrogen (secondary N) is 1. The summed E-state index contributed by atoms with van der Waals surface area (Å²) in [5, 5.41) is 6.95. The molecule has 4 rings (SSSR count). The highest BCUT2D eigenvalue weighted by molar-refractivity contribution is 5.73. The summed E-state index contributed by atoms with van der Waals surface area (Å²) in [5.41, 5.74) is 2.77. The lowest BCUT2D eigenvalue weighted by atomic mass is 9.94. The SMILES string of the molecule is CN(CC1Cc2ccccc2CN1C)C(=O)NCCc1nc(C2CC2)no1. The minimum absolute atomic E-state index is 0.0656. The molecular weight excluding hydrogens is 342 g/mol. The van der Waals surface area contributed by atoms with E-state index in [1.54, 1.807) is 4.90 Å². The van der Waals surface area contributed by atoms with Gasteiger partial charge in [-0.2, -0.15) is 4.98 Å². The van der Waals surface area contributed by atoms with E-state index in [4.69, 9.17) is 4.52 Å². The molecule has 1 aromatic heterocycles. The van der Waals surface area contributed by atoms with Crippen LogP contribution in [-0.2, 0) is 19.4 Å². The molecule has 7 heteroatoms. The van der Waals surface area contributed by atoms with E-state index in [2.05, 4.69) is 51.7 Å². The maximum Gasteiger partial charge on any atom is 0.317 e. The van der Waals surface area contributed by atoms with Gasteiger partial charge in [0.2, 0.25) is 5.89 Å². The van der Waals surface area contributed by atoms with Gasteiger partial charge in [0.05, 0.1) is 0 Å². The number of hydrogen-bond acceptors (Lipinski definition) is 5. The van der Waals surface area contributed by atoms with Gasteiger partial charge in [0.15, 0.2) is 5.82 Å². The third kappa shape index (κ3) is 4.30. The number of carbonyl (C=O) groups excluding carboxylic acids is 1. The van der Waals surface area contributed by atoms with Crippen LogP contribution in [0.4, 0.5) is 4.79 Å². The molecule has 1 fully saturated rings. The minimum atomic E-state index is -0.0656. The van der Waals surface area contributed by atoms with E-state index < -0.39 is 0 Å². The molecule has 1 atom stereocenters. The number of amides is 2. The molecule has 0 spiro atoms. The number of nitrogens with zero attached hydrogens (tertiary/aromatic N) is 4. The Labute approximate surface area is 159 Å². The average molecular weight is 369 g/mol. The second-order valence-electron chi connectivity index (χ2n) is 7.72. The van der Waals surface area contributed by atoms with Crippen LogP contribution in [0.3, 0.4) is 0 Å². The first-order chi connectivity index (χ1) is 13.1. The van der Waals surface area contributed by atoms with Crippen LogP contribution in [-0.4, -0.2) is 59.2 Å². The van der Waals surface area contributed by atoms with Crippen LogP contribution in [0.5, 0.6) is 0 Å². The van der Waals surface area contributed by atoms with Gasteiger partial charge in [-0.05, 0) is 37.4 Å². The molecule has 1 unspecified atom stereocenters. The molecule has 144 valence electrons. The Morgan fingerprint density at radius 1 is 1.33 bits per heavy atom. The number of benzene rings is 1. The normalized spacial score (nSPS) is 19.6. The van der Waals surface area contributed by atoms with Crippen molar-refractivity contribution in [2.24, 2.45) is 0 Å². The predicted octanol–water partition coefficient (Wildman–Crippen LogP) is 2.19. The zero-order chi connectivity index (χ0) is 18.8. The van der Waals surface area contributed by atoms with E-state index >= 15 is 0 Å². The summed E-state index contributed by atoms with van der Waals surface area (Å²) in [5.74, 6) is 1.90. The standard InChI is InChI=1S/C20H27N5O2/c1-24-12-16-6-4-3-5-15(16)11-17(24)13-25(2)20(26)21-10-9-18-22-19(23-27-18)14-7-8-14/h3-6,14,17H,7-13H2,1-2H3,(H,21,26). The smallest absolute Gasteiger partial charge is 0.317 e. The van der Waals surface area contributed by atoms with Gasteiger partial charge in [-0.25, -0.2) is 4.79 Å². The van der Waals surface area contributed by atoms with Crippen LogP contribution in [0.15, 0.2) is 28.8 Å². The number of urea groups is 1. The number of likely N-dealkylation sites (N-methyl/N-ethyl adjacent to an activating group) is 2. The molecule has 2 aromatic rings. The Morgan fingerprint density at radius 2 is 2.11 bits per heavy atom. The quantitative estimate of drug-likeness (QED) is 0.845. The maximum absolute atomic E-state index is 12.4. The Balaban J connectivity index is 1.24. The molecule has 1 aromatic carbocycles. The Bertz CT molecular complexity index is 801. The minimum Gasteiger partial charge on any atom is -0.339 e. The summed E-state index contributed by atoms with van der Waals surface area (Å²) >= 11 is 0. The third-order valence-corrected chi connectivity index (χ3v) is 5.49. The molecule has 1 aliphatic heterocycles. The lowest BCUT2D eigenvalue weighted by Gasteiger charge is -2.36. The van der Waals surface area contributed by atoms with Crippen molar-refractivity contribution in [3.8, 4) is 0 Å². The van der Waals surface area contributed by atoms with Gasteiger partial charge in [-0.3, -0.25) is 4.90 Å².